The van der Waals surface area contributed by atoms with Gasteiger partial charge in [0.15, 0.2) is 0 Å². The molecule has 0 bridgehead atoms. The van der Waals surface area contributed by atoms with Crippen molar-refractivity contribution in [3.8, 4) is 5.75 Å². The van der Waals surface area contributed by atoms with Crippen LogP contribution in [-0.2, 0) is 9.59 Å². The Kier molecular flexibility index (Phi) is 6.34. The zero-order chi connectivity index (χ0) is 18.2. The number of rotatable bonds is 6. The summed E-state index contributed by atoms with van der Waals surface area (Å²) in [6.45, 7) is -0.0111. The number of amides is 2. The average Bonchev–Trinajstić information content (AvgIpc) is 2.65. The highest BCUT2D eigenvalue weighted by atomic mass is 16.5. The van der Waals surface area contributed by atoms with Gasteiger partial charge in [-0.15, -0.1) is 0 Å². The summed E-state index contributed by atoms with van der Waals surface area (Å²) >= 11 is 0. The maximum atomic E-state index is 12.6. The van der Waals surface area contributed by atoms with Crippen LogP contribution in [0.3, 0.4) is 0 Å². The van der Waals surface area contributed by atoms with Crippen LogP contribution in [0.5, 0.6) is 5.75 Å². The first-order valence-electron chi connectivity index (χ1n) is 7.90. The topological polar surface area (TPSA) is 49.9 Å². The van der Waals surface area contributed by atoms with Gasteiger partial charge >= 0.3 is 0 Å². The molecule has 0 N–H and O–H groups in total. The van der Waals surface area contributed by atoms with Crippen LogP contribution in [0.4, 0.5) is 5.69 Å². The van der Waals surface area contributed by atoms with E-state index in [9.17, 15) is 9.59 Å². The molecular weight excluding hydrogens is 316 g/mol. The number of hydrogen-bond acceptors (Lipinski definition) is 3. The first-order chi connectivity index (χ1) is 12.0. The van der Waals surface area contributed by atoms with E-state index in [1.165, 1.54) is 15.9 Å². The van der Waals surface area contributed by atoms with Gasteiger partial charge in [0.1, 0.15) is 12.3 Å². The molecule has 0 saturated heterocycles. The van der Waals surface area contributed by atoms with Gasteiger partial charge in [0.05, 0.1) is 7.11 Å². The Morgan fingerprint density at radius 2 is 1.64 bits per heavy atom. The van der Waals surface area contributed by atoms with Crippen molar-refractivity contribution in [1.82, 2.24) is 4.90 Å². The number of likely N-dealkylation sites (N-methyl/N-ethyl adjacent to an activating group) is 1. The summed E-state index contributed by atoms with van der Waals surface area (Å²) in [5.41, 5.74) is 1.56. The number of ether oxygens (including phenoxy) is 1. The number of anilines is 1. The maximum Gasteiger partial charge on any atom is 0.251 e. The molecule has 0 aliphatic heterocycles. The number of carbonyl (C=O) groups excluding carboxylic acids is 2. The van der Waals surface area contributed by atoms with Gasteiger partial charge in [0, 0.05) is 25.9 Å². The Morgan fingerprint density at radius 1 is 1.00 bits per heavy atom. The Morgan fingerprint density at radius 3 is 2.20 bits per heavy atom. The first-order valence-corrected chi connectivity index (χ1v) is 7.90. The highest BCUT2D eigenvalue weighted by Gasteiger charge is 2.18. The summed E-state index contributed by atoms with van der Waals surface area (Å²) in [6, 6.07) is 16.5. The molecule has 0 fully saturated rings. The monoisotopic (exact) mass is 338 g/mol. The van der Waals surface area contributed by atoms with Crippen LogP contribution >= 0.6 is 0 Å². The summed E-state index contributed by atoms with van der Waals surface area (Å²) in [6.07, 6.45) is 3.19. The van der Waals surface area contributed by atoms with Crippen LogP contribution in [0.2, 0.25) is 0 Å². The van der Waals surface area contributed by atoms with Gasteiger partial charge in [0.2, 0.25) is 5.91 Å². The van der Waals surface area contributed by atoms with Crippen LogP contribution in [0.1, 0.15) is 5.56 Å². The fraction of sp³-hybridized carbons (Fsp3) is 0.200. The van der Waals surface area contributed by atoms with E-state index < -0.39 is 0 Å². The molecular formula is C20H22N2O3. The predicted octanol–water partition coefficient (Wildman–Crippen LogP) is 2.83. The van der Waals surface area contributed by atoms with Gasteiger partial charge in [0.25, 0.3) is 5.91 Å². The van der Waals surface area contributed by atoms with E-state index in [4.69, 9.17) is 4.74 Å². The third kappa shape index (κ3) is 5.21. The lowest BCUT2D eigenvalue weighted by Gasteiger charge is -2.22. The van der Waals surface area contributed by atoms with Crippen molar-refractivity contribution >= 4 is 23.6 Å². The molecule has 0 atom stereocenters. The van der Waals surface area contributed by atoms with Gasteiger partial charge in [-0.25, -0.2) is 0 Å². The molecule has 2 aromatic carbocycles. The van der Waals surface area contributed by atoms with Gasteiger partial charge in [-0.3, -0.25) is 14.5 Å². The largest absolute Gasteiger partial charge is 0.497 e. The average molecular weight is 338 g/mol. The number of methoxy groups -OCH3 is 1. The van der Waals surface area contributed by atoms with E-state index >= 15 is 0 Å². The lowest BCUT2D eigenvalue weighted by molar-refractivity contribution is -0.128. The van der Waals surface area contributed by atoms with Gasteiger partial charge < -0.3 is 9.64 Å². The highest BCUT2D eigenvalue weighted by molar-refractivity contribution is 6.06. The van der Waals surface area contributed by atoms with Crippen LogP contribution in [0, 0.1) is 0 Å². The number of para-hydroxylation sites is 1. The molecule has 0 radical (unpaired) electrons. The number of hydrogen-bond donors (Lipinski definition) is 0. The minimum absolute atomic E-state index is 0.0111. The van der Waals surface area contributed by atoms with Crippen molar-refractivity contribution in [2.24, 2.45) is 0 Å². The molecule has 0 aliphatic carbocycles. The van der Waals surface area contributed by atoms with Crippen molar-refractivity contribution in [3.63, 3.8) is 0 Å². The summed E-state index contributed by atoms with van der Waals surface area (Å²) in [5, 5.41) is 0. The van der Waals surface area contributed by atoms with E-state index in [1.807, 2.05) is 54.6 Å². The molecule has 2 rings (SSSR count). The molecule has 0 unspecified atom stereocenters. The Labute approximate surface area is 148 Å². The van der Waals surface area contributed by atoms with E-state index in [2.05, 4.69) is 0 Å². The lowest BCUT2D eigenvalue weighted by Crippen LogP contribution is -2.39. The molecule has 25 heavy (non-hydrogen) atoms. The van der Waals surface area contributed by atoms with Crippen molar-refractivity contribution in [3.05, 3.63) is 66.2 Å². The minimum Gasteiger partial charge on any atom is -0.497 e. The second-order valence-corrected chi connectivity index (χ2v) is 5.65. The molecule has 5 heteroatoms. The van der Waals surface area contributed by atoms with E-state index in [-0.39, 0.29) is 18.4 Å². The van der Waals surface area contributed by atoms with Gasteiger partial charge in [-0.1, -0.05) is 30.3 Å². The van der Waals surface area contributed by atoms with Crippen LogP contribution < -0.4 is 9.64 Å². The number of benzene rings is 2. The van der Waals surface area contributed by atoms with Crippen LogP contribution in [0.15, 0.2) is 60.7 Å². The standard InChI is InChI=1S/C20H22N2O3/c1-21(2)20(24)15-22(17-7-5-4-6-8-17)19(23)14-11-16-9-12-18(25-3)13-10-16/h4-14H,15H2,1-3H3/b14-11+. The molecule has 2 amide bonds. The fourth-order valence-corrected chi connectivity index (χ4v) is 2.15. The molecule has 5 nitrogen and oxygen atoms in total. The van der Waals surface area contributed by atoms with E-state index in [0.717, 1.165) is 11.3 Å². The molecule has 0 aliphatic rings. The molecule has 0 spiro atoms. The normalized spacial score (nSPS) is 10.5. The zero-order valence-corrected chi connectivity index (χ0v) is 14.7. The summed E-state index contributed by atoms with van der Waals surface area (Å²) in [5.74, 6) is 0.359. The predicted molar refractivity (Wildman–Crippen MR) is 99.5 cm³/mol. The summed E-state index contributed by atoms with van der Waals surface area (Å²) in [7, 11) is 4.94. The third-order valence-electron chi connectivity index (χ3n) is 3.66. The Hall–Kier alpha value is -3.08. The molecule has 0 aromatic heterocycles. The van der Waals surface area contributed by atoms with Crippen molar-refractivity contribution in [2.75, 3.05) is 32.6 Å². The second kappa shape index (κ2) is 8.68. The third-order valence-corrected chi connectivity index (χ3v) is 3.66. The molecule has 2 aromatic rings. The molecule has 0 saturated carbocycles. The fourth-order valence-electron chi connectivity index (χ4n) is 2.15. The maximum absolute atomic E-state index is 12.6. The quantitative estimate of drug-likeness (QED) is 0.761. The van der Waals surface area contributed by atoms with Crippen molar-refractivity contribution in [2.45, 2.75) is 0 Å². The summed E-state index contributed by atoms with van der Waals surface area (Å²) < 4.78 is 5.12. The summed E-state index contributed by atoms with van der Waals surface area (Å²) in [4.78, 5) is 27.6. The molecule has 130 valence electrons. The first kappa shape index (κ1) is 18.3. The Bertz CT molecular complexity index is 737. The van der Waals surface area contributed by atoms with Gasteiger partial charge in [-0.2, -0.15) is 0 Å². The van der Waals surface area contributed by atoms with Crippen molar-refractivity contribution in [1.29, 1.82) is 0 Å². The zero-order valence-electron chi connectivity index (χ0n) is 14.7. The second-order valence-electron chi connectivity index (χ2n) is 5.65. The van der Waals surface area contributed by atoms with Crippen LogP contribution in [0.25, 0.3) is 6.08 Å². The molecule has 0 heterocycles. The Balaban J connectivity index is 2.19. The number of nitrogens with zero attached hydrogens (tertiary/aromatic N) is 2. The lowest BCUT2D eigenvalue weighted by atomic mass is 10.2. The number of carbonyl (C=O) groups is 2. The SMILES string of the molecule is COc1ccc(/C=C/C(=O)N(CC(=O)N(C)C)c2ccccc2)cc1. The van der Waals surface area contributed by atoms with E-state index in [1.54, 1.807) is 27.3 Å². The van der Waals surface area contributed by atoms with E-state index in [0.29, 0.717) is 5.69 Å². The smallest absolute Gasteiger partial charge is 0.251 e. The highest BCUT2D eigenvalue weighted by Crippen LogP contribution is 2.16. The van der Waals surface area contributed by atoms with Crippen molar-refractivity contribution < 1.29 is 14.3 Å². The van der Waals surface area contributed by atoms with Crippen LogP contribution in [-0.4, -0.2) is 44.5 Å². The minimum atomic E-state index is -0.253. The van der Waals surface area contributed by atoms with Gasteiger partial charge in [-0.05, 0) is 35.9 Å².